The van der Waals surface area contributed by atoms with E-state index in [2.05, 4.69) is 21.8 Å². The van der Waals surface area contributed by atoms with E-state index < -0.39 is 60.9 Å². The molecule has 132 valence electrons. The molecule has 1 saturated heterocycles. The Morgan fingerprint density at radius 1 is 1.48 bits per heavy atom. The van der Waals surface area contributed by atoms with Crippen LogP contribution in [0.5, 0.6) is 0 Å². The van der Waals surface area contributed by atoms with Gasteiger partial charge in [-0.1, -0.05) is 0 Å². The number of aliphatic imine (C=N–C) groups is 1. The summed E-state index contributed by atoms with van der Waals surface area (Å²) in [6.07, 6.45) is -8.60. The molecule has 0 aromatic heterocycles. The molecule has 11 heteroatoms. The molecule has 1 heterocycles. The number of nitrogens with zero attached hydrogens (tertiary/aromatic N) is 1. The summed E-state index contributed by atoms with van der Waals surface area (Å²) in [6.45, 7) is 3.09. The summed E-state index contributed by atoms with van der Waals surface area (Å²) in [6, 6.07) is -3.32. The SMILES string of the molecule is C=NC1C(F)[C@](F)(C(=O)O)OC([C@H](O)[C@H](O)CO)[C@@H]1NC(C)=O. The molecule has 5 N–H and O–H groups in total. The summed E-state index contributed by atoms with van der Waals surface area (Å²) in [5.41, 5.74) is 0. The van der Waals surface area contributed by atoms with Crippen molar-refractivity contribution in [1.29, 1.82) is 0 Å². The third kappa shape index (κ3) is 3.63. The van der Waals surface area contributed by atoms with Gasteiger partial charge in [0, 0.05) is 6.92 Å². The van der Waals surface area contributed by atoms with Crippen LogP contribution >= 0.6 is 0 Å². The highest BCUT2D eigenvalue weighted by molar-refractivity contribution is 5.77. The molecule has 0 aliphatic carbocycles. The molecular weight excluding hydrogens is 322 g/mol. The topological polar surface area (TPSA) is 149 Å². The van der Waals surface area contributed by atoms with Gasteiger partial charge in [0.2, 0.25) is 5.91 Å². The maximum Gasteiger partial charge on any atom is 0.372 e. The van der Waals surface area contributed by atoms with Gasteiger partial charge < -0.3 is 30.5 Å². The zero-order chi connectivity index (χ0) is 17.9. The van der Waals surface area contributed by atoms with E-state index in [0.717, 1.165) is 6.92 Å². The zero-order valence-electron chi connectivity index (χ0n) is 12.1. The van der Waals surface area contributed by atoms with Crippen molar-refractivity contribution in [2.24, 2.45) is 4.99 Å². The van der Waals surface area contributed by atoms with Crippen LogP contribution in [0.2, 0.25) is 0 Å². The number of carbonyl (C=O) groups excluding carboxylic acids is 1. The van der Waals surface area contributed by atoms with Crippen molar-refractivity contribution < 1.29 is 43.5 Å². The van der Waals surface area contributed by atoms with Crippen molar-refractivity contribution in [3.63, 3.8) is 0 Å². The van der Waals surface area contributed by atoms with Gasteiger partial charge in [-0.05, 0) is 6.72 Å². The minimum Gasteiger partial charge on any atom is -0.477 e. The van der Waals surface area contributed by atoms with E-state index in [1.54, 1.807) is 0 Å². The summed E-state index contributed by atoms with van der Waals surface area (Å²) in [7, 11) is 0. The number of aliphatic hydroxyl groups excluding tert-OH is 3. The average molecular weight is 340 g/mol. The van der Waals surface area contributed by atoms with Crippen molar-refractivity contribution >= 4 is 18.6 Å². The molecule has 23 heavy (non-hydrogen) atoms. The van der Waals surface area contributed by atoms with Gasteiger partial charge in [-0.2, -0.15) is 4.39 Å². The van der Waals surface area contributed by atoms with Gasteiger partial charge in [-0.15, -0.1) is 0 Å². The molecule has 0 spiro atoms. The van der Waals surface area contributed by atoms with Crippen molar-refractivity contribution in [1.82, 2.24) is 5.32 Å². The molecule has 0 radical (unpaired) electrons. The fourth-order valence-electron chi connectivity index (χ4n) is 2.32. The Morgan fingerprint density at radius 3 is 2.43 bits per heavy atom. The Kier molecular flexibility index (Phi) is 6.11. The number of amides is 1. The Morgan fingerprint density at radius 2 is 2.04 bits per heavy atom. The zero-order valence-corrected chi connectivity index (χ0v) is 12.1. The predicted molar refractivity (Wildman–Crippen MR) is 71.3 cm³/mol. The molecule has 1 aliphatic heterocycles. The van der Waals surface area contributed by atoms with Crippen LogP contribution < -0.4 is 5.32 Å². The molecule has 0 aromatic carbocycles. The fourth-order valence-corrected chi connectivity index (χ4v) is 2.32. The number of carboxylic acid groups (broad SMARTS) is 1. The normalized spacial score (nSPS) is 36.8. The van der Waals surface area contributed by atoms with Crippen molar-refractivity contribution in [3.8, 4) is 0 Å². The second-order valence-electron chi connectivity index (χ2n) is 5.07. The number of rotatable bonds is 6. The molecule has 0 aromatic rings. The Bertz CT molecular complexity index is 480. The van der Waals surface area contributed by atoms with Crippen LogP contribution in [0.3, 0.4) is 0 Å². The lowest BCUT2D eigenvalue weighted by Gasteiger charge is -2.45. The van der Waals surface area contributed by atoms with Crippen LogP contribution in [-0.4, -0.2) is 88.0 Å². The number of carbonyl (C=O) groups is 2. The first-order valence-corrected chi connectivity index (χ1v) is 6.54. The highest BCUT2D eigenvalue weighted by Gasteiger charge is 2.63. The number of hydrogen-bond donors (Lipinski definition) is 5. The smallest absolute Gasteiger partial charge is 0.372 e. The minimum atomic E-state index is -3.87. The average Bonchev–Trinajstić information content (AvgIpc) is 2.48. The van der Waals surface area contributed by atoms with E-state index in [1.807, 2.05) is 0 Å². The molecule has 9 nitrogen and oxygen atoms in total. The van der Waals surface area contributed by atoms with Crippen LogP contribution in [0.25, 0.3) is 0 Å². The number of aliphatic carboxylic acids is 1. The summed E-state index contributed by atoms with van der Waals surface area (Å²) in [5, 5.41) is 39.2. The van der Waals surface area contributed by atoms with Crippen LogP contribution in [0.1, 0.15) is 6.92 Å². The molecule has 3 unspecified atom stereocenters. The third-order valence-electron chi connectivity index (χ3n) is 3.47. The van der Waals surface area contributed by atoms with Crippen molar-refractivity contribution in [2.45, 2.75) is 49.3 Å². The Balaban J connectivity index is 3.30. The van der Waals surface area contributed by atoms with Crippen LogP contribution in [0, 0.1) is 0 Å². The van der Waals surface area contributed by atoms with Gasteiger partial charge in [0.05, 0.1) is 12.6 Å². The third-order valence-corrected chi connectivity index (χ3v) is 3.47. The lowest BCUT2D eigenvalue weighted by Crippen LogP contribution is -2.70. The summed E-state index contributed by atoms with van der Waals surface area (Å²) in [4.78, 5) is 25.5. The first kappa shape index (κ1) is 19.4. The predicted octanol–water partition coefficient (Wildman–Crippen LogP) is -2.24. The highest BCUT2D eigenvalue weighted by Crippen LogP contribution is 2.37. The van der Waals surface area contributed by atoms with E-state index in [9.17, 15) is 28.6 Å². The lowest BCUT2D eigenvalue weighted by atomic mass is 9.86. The van der Waals surface area contributed by atoms with Gasteiger partial charge >= 0.3 is 11.8 Å². The molecule has 1 aliphatic rings. The van der Waals surface area contributed by atoms with E-state index in [4.69, 9.17) is 10.2 Å². The van der Waals surface area contributed by atoms with Gasteiger partial charge in [0.15, 0.2) is 6.17 Å². The number of halogens is 2. The lowest BCUT2D eigenvalue weighted by molar-refractivity contribution is -0.275. The standard InChI is InChI=1S/C12H18F2N2O7/c1-4(18)16-6-7(15-2)10(13)12(14,11(21)22)23-9(6)8(20)5(19)3-17/h5-10,17,19-20H,2-3H2,1H3,(H,16,18)(H,21,22)/t5-,6-,7?,8-,9?,10?,12-/m1/s1. The number of aliphatic hydroxyl groups is 3. The number of hydrogen-bond acceptors (Lipinski definition) is 7. The maximum atomic E-state index is 14.4. The number of ether oxygens (including phenoxy) is 1. The fraction of sp³-hybridized carbons (Fsp3) is 0.750. The van der Waals surface area contributed by atoms with Crippen molar-refractivity contribution in [2.75, 3.05) is 6.61 Å². The molecule has 0 bridgehead atoms. The highest BCUT2D eigenvalue weighted by atomic mass is 19.2. The van der Waals surface area contributed by atoms with Gasteiger partial charge in [-0.3, -0.25) is 9.79 Å². The Labute approximate surface area is 129 Å². The van der Waals surface area contributed by atoms with E-state index in [-0.39, 0.29) is 0 Å². The van der Waals surface area contributed by atoms with Crippen LogP contribution in [0.15, 0.2) is 4.99 Å². The molecule has 1 amide bonds. The number of alkyl halides is 2. The maximum absolute atomic E-state index is 14.4. The first-order chi connectivity index (χ1) is 10.6. The van der Waals surface area contributed by atoms with Gasteiger partial charge in [0.1, 0.15) is 24.4 Å². The summed E-state index contributed by atoms with van der Waals surface area (Å²) in [5.74, 6) is -6.91. The quantitative estimate of drug-likeness (QED) is 0.343. The Hall–Kier alpha value is -1.69. The number of carboxylic acids is 1. The second kappa shape index (κ2) is 7.25. The van der Waals surface area contributed by atoms with E-state index >= 15 is 0 Å². The summed E-state index contributed by atoms with van der Waals surface area (Å²) < 4.78 is 33.1. The molecular formula is C12H18F2N2O7. The molecule has 0 saturated carbocycles. The largest absolute Gasteiger partial charge is 0.477 e. The van der Waals surface area contributed by atoms with E-state index in [0.29, 0.717) is 0 Å². The molecule has 1 rings (SSSR count). The van der Waals surface area contributed by atoms with Crippen molar-refractivity contribution in [3.05, 3.63) is 0 Å². The first-order valence-electron chi connectivity index (χ1n) is 6.54. The van der Waals surface area contributed by atoms with Crippen LogP contribution in [-0.2, 0) is 14.3 Å². The number of nitrogens with one attached hydrogen (secondary N) is 1. The van der Waals surface area contributed by atoms with Gasteiger partial charge in [0.25, 0.3) is 0 Å². The second-order valence-corrected chi connectivity index (χ2v) is 5.07. The van der Waals surface area contributed by atoms with Crippen LogP contribution in [0.4, 0.5) is 8.78 Å². The van der Waals surface area contributed by atoms with Gasteiger partial charge in [-0.25, -0.2) is 9.18 Å². The molecule has 7 atom stereocenters. The monoisotopic (exact) mass is 340 g/mol. The minimum absolute atomic E-state index is 0.725. The molecule has 1 fully saturated rings. The van der Waals surface area contributed by atoms with E-state index in [1.165, 1.54) is 0 Å². The summed E-state index contributed by atoms with van der Waals surface area (Å²) >= 11 is 0.